The number of esters is 3. The molecule has 0 aromatic carbocycles. The molecule has 0 spiro atoms. The molecule has 452 valence electrons. The van der Waals surface area contributed by atoms with Crippen LogP contribution in [0.15, 0.2) is 72.9 Å². The van der Waals surface area contributed by atoms with Crippen LogP contribution in [0.3, 0.4) is 0 Å². The molecule has 0 aromatic rings. The van der Waals surface area contributed by atoms with E-state index in [1.165, 1.54) is 199 Å². The highest BCUT2D eigenvalue weighted by Gasteiger charge is 2.19. The summed E-state index contributed by atoms with van der Waals surface area (Å²) in [5.41, 5.74) is 0. The fourth-order valence-corrected chi connectivity index (χ4v) is 9.88. The van der Waals surface area contributed by atoms with E-state index < -0.39 is 6.10 Å². The Balaban J connectivity index is 4.29. The molecule has 0 amide bonds. The van der Waals surface area contributed by atoms with Crippen LogP contribution in [0.4, 0.5) is 0 Å². The zero-order valence-corrected chi connectivity index (χ0v) is 51.9. The average molecular weight is 1090 g/mol. The van der Waals surface area contributed by atoms with Gasteiger partial charge in [0.05, 0.1) is 0 Å². The molecule has 1 atom stereocenters. The molecule has 0 N–H and O–H groups in total. The van der Waals surface area contributed by atoms with Gasteiger partial charge in [0.1, 0.15) is 13.2 Å². The number of carbonyl (C=O) groups excluding carboxylic acids is 3. The predicted octanol–water partition coefficient (Wildman–Crippen LogP) is 23.3. The monoisotopic (exact) mass is 1090 g/mol. The van der Waals surface area contributed by atoms with Crippen molar-refractivity contribution in [3.8, 4) is 0 Å². The number of unbranched alkanes of at least 4 members (excludes halogenated alkanes) is 39. The van der Waals surface area contributed by atoms with Gasteiger partial charge in [-0.15, -0.1) is 0 Å². The van der Waals surface area contributed by atoms with Crippen LogP contribution in [0, 0.1) is 0 Å². The maximum absolute atomic E-state index is 12.9. The lowest BCUT2D eigenvalue weighted by Gasteiger charge is -2.18. The molecule has 0 aromatic heterocycles. The summed E-state index contributed by atoms with van der Waals surface area (Å²) in [6, 6.07) is 0. The van der Waals surface area contributed by atoms with E-state index >= 15 is 0 Å². The second kappa shape index (κ2) is 66.4. The molecule has 6 heteroatoms. The van der Waals surface area contributed by atoms with Gasteiger partial charge in [-0.3, -0.25) is 14.4 Å². The third-order valence-corrected chi connectivity index (χ3v) is 14.9. The van der Waals surface area contributed by atoms with Crippen molar-refractivity contribution in [2.24, 2.45) is 0 Å². The Hall–Kier alpha value is -3.15. The summed E-state index contributed by atoms with van der Waals surface area (Å²) in [6.45, 7) is 6.53. The standard InChI is InChI=1S/C72H128O6/c1-4-7-10-13-16-19-22-25-27-29-31-33-34-35-36-37-39-40-42-44-47-50-53-56-59-62-65-71(74)77-68-69(67-76-70(73)64-61-58-55-52-49-46-24-21-18-15-12-9-6-3)78-72(75)66-63-60-57-54-51-48-45-43-41-38-32-30-28-26-23-20-17-14-11-8-5-2/h9,12,18,21,23,26,30,32,41,43,46,49,69H,4-8,10-11,13-17,19-20,22,24-25,27-29,31,33-40,42,44-45,47-48,50-68H2,1-3H3/b12-9-,21-18-,26-23-,32-30-,43-41-,49-46-. The van der Waals surface area contributed by atoms with Crippen molar-refractivity contribution in [1.82, 2.24) is 0 Å². The summed E-state index contributed by atoms with van der Waals surface area (Å²) in [6.07, 6.45) is 86.5. The van der Waals surface area contributed by atoms with Crippen LogP contribution in [0.25, 0.3) is 0 Å². The number of rotatable bonds is 62. The molecule has 1 unspecified atom stereocenters. The van der Waals surface area contributed by atoms with Gasteiger partial charge in [0.15, 0.2) is 6.10 Å². The van der Waals surface area contributed by atoms with Gasteiger partial charge in [0, 0.05) is 19.3 Å². The van der Waals surface area contributed by atoms with Crippen molar-refractivity contribution >= 4 is 17.9 Å². The molecular formula is C72H128O6. The molecule has 0 rings (SSSR count). The number of carbonyl (C=O) groups is 3. The fraction of sp³-hybridized carbons (Fsp3) is 0.792. The minimum atomic E-state index is -0.795. The molecule has 78 heavy (non-hydrogen) atoms. The first-order valence-corrected chi connectivity index (χ1v) is 33.9. The Morgan fingerprint density at radius 1 is 0.269 bits per heavy atom. The average Bonchev–Trinajstić information content (AvgIpc) is 3.44. The first-order chi connectivity index (χ1) is 38.5. The molecule has 0 heterocycles. The third-order valence-electron chi connectivity index (χ3n) is 14.9. The van der Waals surface area contributed by atoms with E-state index in [4.69, 9.17) is 14.2 Å². The molecule has 0 bridgehead atoms. The summed E-state index contributed by atoms with van der Waals surface area (Å²) in [4.78, 5) is 38.3. The Morgan fingerprint density at radius 3 is 0.795 bits per heavy atom. The molecule has 0 saturated carbocycles. The van der Waals surface area contributed by atoms with E-state index in [9.17, 15) is 14.4 Å². The number of ether oxygens (including phenoxy) is 3. The maximum Gasteiger partial charge on any atom is 0.306 e. The van der Waals surface area contributed by atoms with Gasteiger partial charge in [-0.05, 0) is 89.9 Å². The lowest BCUT2D eigenvalue weighted by atomic mass is 10.0. The van der Waals surface area contributed by atoms with Gasteiger partial charge in [-0.2, -0.15) is 0 Å². The van der Waals surface area contributed by atoms with Gasteiger partial charge in [0.2, 0.25) is 0 Å². The Kier molecular flexibility index (Phi) is 63.7. The second-order valence-corrected chi connectivity index (χ2v) is 22.7. The van der Waals surface area contributed by atoms with Crippen LogP contribution >= 0.6 is 0 Å². The van der Waals surface area contributed by atoms with Crippen LogP contribution in [-0.2, 0) is 28.6 Å². The summed E-state index contributed by atoms with van der Waals surface area (Å²) in [7, 11) is 0. The quantitative estimate of drug-likeness (QED) is 0.0261. The van der Waals surface area contributed by atoms with Crippen LogP contribution in [0.1, 0.15) is 348 Å². The van der Waals surface area contributed by atoms with Crippen molar-refractivity contribution in [3.05, 3.63) is 72.9 Å². The molecule has 0 aliphatic rings. The molecule has 0 fully saturated rings. The van der Waals surface area contributed by atoms with E-state index in [1.807, 2.05) is 0 Å². The highest BCUT2D eigenvalue weighted by Crippen LogP contribution is 2.18. The van der Waals surface area contributed by atoms with Gasteiger partial charge in [-0.1, -0.05) is 312 Å². The van der Waals surface area contributed by atoms with E-state index in [-0.39, 0.29) is 31.1 Å². The lowest BCUT2D eigenvalue weighted by molar-refractivity contribution is -0.167. The van der Waals surface area contributed by atoms with Crippen LogP contribution in [0.2, 0.25) is 0 Å². The van der Waals surface area contributed by atoms with Crippen molar-refractivity contribution < 1.29 is 28.6 Å². The summed E-state index contributed by atoms with van der Waals surface area (Å²) in [5, 5.41) is 0. The summed E-state index contributed by atoms with van der Waals surface area (Å²) < 4.78 is 16.9. The Labute approximate surface area is 484 Å². The highest BCUT2D eigenvalue weighted by molar-refractivity contribution is 5.71. The Bertz CT molecular complexity index is 1440. The zero-order chi connectivity index (χ0) is 56.4. The van der Waals surface area contributed by atoms with Crippen LogP contribution in [-0.4, -0.2) is 37.2 Å². The number of hydrogen-bond donors (Lipinski definition) is 0. The van der Waals surface area contributed by atoms with Gasteiger partial charge in [-0.25, -0.2) is 0 Å². The Morgan fingerprint density at radius 2 is 0.500 bits per heavy atom. The first-order valence-electron chi connectivity index (χ1n) is 33.9. The van der Waals surface area contributed by atoms with E-state index in [1.54, 1.807) is 0 Å². The van der Waals surface area contributed by atoms with E-state index in [0.29, 0.717) is 19.3 Å². The molecule has 6 nitrogen and oxygen atoms in total. The van der Waals surface area contributed by atoms with Crippen LogP contribution in [0.5, 0.6) is 0 Å². The normalized spacial score (nSPS) is 12.5. The third kappa shape index (κ3) is 63.7. The smallest absolute Gasteiger partial charge is 0.306 e. The van der Waals surface area contributed by atoms with Crippen molar-refractivity contribution in [2.75, 3.05) is 13.2 Å². The number of hydrogen-bond acceptors (Lipinski definition) is 6. The number of allylic oxidation sites excluding steroid dienone is 12. The minimum absolute atomic E-state index is 0.0876. The maximum atomic E-state index is 12.9. The van der Waals surface area contributed by atoms with Crippen LogP contribution < -0.4 is 0 Å². The van der Waals surface area contributed by atoms with Gasteiger partial charge in [0.25, 0.3) is 0 Å². The van der Waals surface area contributed by atoms with Crippen molar-refractivity contribution in [3.63, 3.8) is 0 Å². The lowest BCUT2D eigenvalue weighted by Crippen LogP contribution is -2.30. The highest BCUT2D eigenvalue weighted by atomic mass is 16.6. The van der Waals surface area contributed by atoms with Gasteiger partial charge >= 0.3 is 17.9 Å². The minimum Gasteiger partial charge on any atom is -0.462 e. The topological polar surface area (TPSA) is 78.9 Å². The van der Waals surface area contributed by atoms with Gasteiger partial charge < -0.3 is 14.2 Å². The van der Waals surface area contributed by atoms with Crippen molar-refractivity contribution in [2.45, 2.75) is 354 Å². The van der Waals surface area contributed by atoms with E-state index in [0.717, 1.165) is 109 Å². The second-order valence-electron chi connectivity index (χ2n) is 22.7. The summed E-state index contributed by atoms with van der Waals surface area (Å²) >= 11 is 0. The summed E-state index contributed by atoms with van der Waals surface area (Å²) in [5.74, 6) is -0.914. The molecule has 0 aliphatic heterocycles. The largest absolute Gasteiger partial charge is 0.462 e. The molecule has 0 radical (unpaired) electrons. The van der Waals surface area contributed by atoms with E-state index in [2.05, 4.69) is 93.7 Å². The zero-order valence-electron chi connectivity index (χ0n) is 51.9. The molecular weight excluding hydrogens is 961 g/mol. The fourth-order valence-electron chi connectivity index (χ4n) is 9.88. The first kappa shape index (κ1) is 74.8. The molecule has 0 aliphatic carbocycles. The predicted molar refractivity (Wildman–Crippen MR) is 339 cm³/mol. The SMILES string of the molecule is CC/C=C\C/C=C\C/C=C\CCCCCC(=O)OCC(COC(=O)CCCCCCCCCCCCCCCCCCCCCCCCCCCC)OC(=O)CCCCCCCC/C=C\C/C=C\C/C=C\CCCCCCC. The van der Waals surface area contributed by atoms with Crippen molar-refractivity contribution in [1.29, 1.82) is 0 Å². The molecule has 0 saturated heterocycles.